The van der Waals surface area contributed by atoms with Crippen LogP contribution in [-0.4, -0.2) is 15.1 Å². The first-order valence-corrected chi connectivity index (χ1v) is 9.48. The van der Waals surface area contributed by atoms with Crippen molar-refractivity contribution in [2.45, 2.75) is 6.42 Å². The Hall–Kier alpha value is -3.72. The van der Waals surface area contributed by atoms with Gasteiger partial charge in [0.05, 0.1) is 6.26 Å². The topological polar surface area (TPSA) is 51.8 Å². The number of rotatable bonds is 0. The first-order valence-electron chi connectivity index (χ1n) is 9.48. The molecular formula is C25H18N2O. The van der Waals surface area contributed by atoms with E-state index in [1.807, 2.05) is 6.08 Å². The van der Waals surface area contributed by atoms with E-state index in [0.717, 1.165) is 27.8 Å². The third kappa shape index (κ3) is 2.04. The summed E-state index contributed by atoms with van der Waals surface area (Å²) >= 11 is 0. The SMILES string of the molecule is O/C=C1/C=C\c2[nH]c3ccccc3c2-c2ccc3[nH]c4ccccc4c3c2C1. The lowest BCUT2D eigenvalue weighted by Crippen LogP contribution is -1.97. The van der Waals surface area contributed by atoms with Gasteiger partial charge in [-0.05, 0) is 41.0 Å². The van der Waals surface area contributed by atoms with Gasteiger partial charge >= 0.3 is 0 Å². The number of aromatic nitrogens is 2. The molecule has 0 saturated heterocycles. The van der Waals surface area contributed by atoms with E-state index in [4.69, 9.17) is 0 Å². The molecule has 3 N–H and O–H groups in total. The number of hydrogen-bond donors (Lipinski definition) is 3. The molecule has 0 spiro atoms. The Balaban J connectivity index is 1.81. The van der Waals surface area contributed by atoms with Gasteiger partial charge in [-0.2, -0.15) is 0 Å². The Morgan fingerprint density at radius 2 is 1.50 bits per heavy atom. The zero-order chi connectivity index (χ0) is 18.7. The van der Waals surface area contributed by atoms with Crippen LogP contribution in [0.4, 0.5) is 0 Å². The number of fused-ring (bicyclic) bond motifs is 9. The van der Waals surface area contributed by atoms with E-state index in [-0.39, 0.29) is 0 Å². The molecule has 0 saturated carbocycles. The Bertz CT molecular complexity index is 1450. The van der Waals surface area contributed by atoms with Crippen LogP contribution in [0.3, 0.4) is 0 Å². The Morgan fingerprint density at radius 1 is 0.750 bits per heavy atom. The summed E-state index contributed by atoms with van der Waals surface area (Å²) in [4.78, 5) is 7.09. The molecule has 0 amide bonds. The van der Waals surface area contributed by atoms with Crippen LogP contribution >= 0.6 is 0 Å². The lowest BCUT2D eigenvalue weighted by atomic mass is 9.88. The second-order valence-electron chi connectivity index (χ2n) is 7.36. The van der Waals surface area contributed by atoms with E-state index in [1.165, 1.54) is 39.1 Å². The fourth-order valence-electron chi connectivity index (χ4n) is 4.55. The maximum Gasteiger partial charge on any atom is 0.0827 e. The summed E-state index contributed by atoms with van der Waals surface area (Å²) in [6.07, 6.45) is 5.98. The summed E-state index contributed by atoms with van der Waals surface area (Å²) in [5.41, 5.74) is 9.04. The Morgan fingerprint density at radius 3 is 2.32 bits per heavy atom. The molecule has 0 bridgehead atoms. The molecule has 1 aliphatic rings. The van der Waals surface area contributed by atoms with Crippen LogP contribution in [0.25, 0.3) is 49.9 Å². The van der Waals surface area contributed by atoms with Crippen molar-refractivity contribution in [3.63, 3.8) is 0 Å². The van der Waals surface area contributed by atoms with Crippen molar-refractivity contribution in [3.05, 3.63) is 89.8 Å². The minimum Gasteiger partial charge on any atom is -0.515 e. The van der Waals surface area contributed by atoms with Gasteiger partial charge in [-0.3, -0.25) is 0 Å². The van der Waals surface area contributed by atoms with Crippen molar-refractivity contribution in [1.29, 1.82) is 0 Å². The van der Waals surface area contributed by atoms with Crippen LogP contribution in [0.15, 0.2) is 78.6 Å². The first-order chi connectivity index (χ1) is 13.8. The number of para-hydroxylation sites is 2. The molecule has 3 aromatic carbocycles. The second-order valence-corrected chi connectivity index (χ2v) is 7.36. The second kappa shape index (κ2) is 5.64. The van der Waals surface area contributed by atoms with Gasteiger partial charge < -0.3 is 15.1 Å². The predicted molar refractivity (Wildman–Crippen MR) is 117 cm³/mol. The van der Waals surface area contributed by atoms with Crippen LogP contribution in [0.5, 0.6) is 0 Å². The highest BCUT2D eigenvalue weighted by Gasteiger charge is 2.21. The third-order valence-corrected chi connectivity index (χ3v) is 5.79. The van der Waals surface area contributed by atoms with Crippen molar-refractivity contribution < 1.29 is 5.11 Å². The molecule has 0 radical (unpaired) electrons. The highest BCUT2D eigenvalue weighted by Crippen LogP contribution is 2.42. The maximum absolute atomic E-state index is 9.83. The summed E-state index contributed by atoms with van der Waals surface area (Å²) < 4.78 is 0. The monoisotopic (exact) mass is 362 g/mol. The molecule has 5 aromatic rings. The zero-order valence-electron chi connectivity index (χ0n) is 15.2. The van der Waals surface area contributed by atoms with E-state index in [0.29, 0.717) is 6.42 Å². The number of hydrogen-bond acceptors (Lipinski definition) is 1. The molecule has 3 heteroatoms. The number of aromatic amines is 2. The van der Waals surface area contributed by atoms with E-state index < -0.39 is 0 Å². The van der Waals surface area contributed by atoms with E-state index in [1.54, 1.807) is 0 Å². The van der Waals surface area contributed by atoms with Gasteiger partial charge in [0.2, 0.25) is 0 Å². The van der Waals surface area contributed by atoms with Crippen LogP contribution < -0.4 is 0 Å². The van der Waals surface area contributed by atoms with Gasteiger partial charge in [0, 0.05) is 50.4 Å². The van der Waals surface area contributed by atoms with Gasteiger partial charge in [-0.1, -0.05) is 48.5 Å². The highest BCUT2D eigenvalue weighted by atomic mass is 16.2. The zero-order valence-corrected chi connectivity index (χ0v) is 15.2. The van der Waals surface area contributed by atoms with Crippen LogP contribution in [-0.2, 0) is 6.42 Å². The molecule has 1 aliphatic carbocycles. The fraction of sp³-hybridized carbons (Fsp3) is 0.0400. The molecule has 3 nitrogen and oxygen atoms in total. The Kier molecular flexibility index (Phi) is 3.09. The number of aliphatic hydroxyl groups excluding tert-OH is 1. The number of aliphatic hydroxyl groups is 1. The quantitative estimate of drug-likeness (QED) is 0.271. The summed E-state index contributed by atoms with van der Waals surface area (Å²) in [6, 6.07) is 21.2. The lowest BCUT2D eigenvalue weighted by Gasteiger charge is -2.15. The average molecular weight is 362 g/mol. The highest BCUT2D eigenvalue weighted by molar-refractivity contribution is 6.13. The number of nitrogens with one attached hydrogen (secondary N) is 2. The van der Waals surface area contributed by atoms with Gasteiger partial charge in [0.15, 0.2) is 0 Å². The molecule has 0 unspecified atom stereocenters. The molecule has 28 heavy (non-hydrogen) atoms. The minimum absolute atomic E-state index is 0.681. The summed E-state index contributed by atoms with van der Waals surface area (Å²) in [7, 11) is 0. The number of benzene rings is 3. The molecule has 0 aliphatic heterocycles. The van der Waals surface area contributed by atoms with Crippen molar-refractivity contribution in [3.8, 4) is 11.1 Å². The molecule has 0 fully saturated rings. The average Bonchev–Trinajstić information content (AvgIpc) is 3.27. The van der Waals surface area contributed by atoms with Crippen molar-refractivity contribution in [1.82, 2.24) is 9.97 Å². The maximum atomic E-state index is 9.83. The van der Waals surface area contributed by atoms with Crippen LogP contribution in [0.1, 0.15) is 11.3 Å². The van der Waals surface area contributed by atoms with E-state index in [2.05, 4.69) is 76.7 Å². The smallest absolute Gasteiger partial charge is 0.0827 e. The van der Waals surface area contributed by atoms with Crippen molar-refractivity contribution in [2.75, 3.05) is 0 Å². The molecule has 0 atom stereocenters. The van der Waals surface area contributed by atoms with Gasteiger partial charge in [-0.25, -0.2) is 0 Å². The predicted octanol–water partition coefficient (Wildman–Crippen LogP) is 6.48. The minimum atomic E-state index is 0.681. The molecule has 6 rings (SSSR count). The van der Waals surface area contributed by atoms with Crippen molar-refractivity contribution in [2.24, 2.45) is 0 Å². The van der Waals surface area contributed by atoms with Crippen molar-refractivity contribution >= 4 is 38.8 Å². The summed E-state index contributed by atoms with van der Waals surface area (Å²) in [5, 5.41) is 13.5. The largest absolute Gasteiger partial charge is 0.515 e. The summed E-state index contributed by atoms with van der Waals surface area (Å²) in [6.45, 7) is 0. The van der Waals surface area contributed by atoms with Gasteiger partial charge in [-0.15, -0.1) is 0 Å². The van der Waals surface area contributed by atoms with E-state index >= 15 is 0 Å². The number of allylic oxidation sites excluding steroid dienone is 2. The fourth-order valence-corrected chi connectivity index (χ4v) is 4.55. The Labute approximate surface area is 161 Å². The van der Waals surface area contributed by atoms with Gasteiger partial charge in [0.1, 0.15) is 0 Å². The molecule has 2 heterocycles. The molecule has 134 valence electrons. The van der Waals surface area contributed by atoms with Gasteiger partial charge in [0.25, 0.3) is 0 Å². The number of H-pyrrole nitrogens is 2. The standard InChI is InChI=1S/C25H18N2O/c28-14-15-9-11-22-24(17-5-1-3-7-20(17)26-22)16-10-12-23-25(19(16)13-15)18-6-2-4-8-21(18)27-23/h1-12,14,26-28H,13H2/b11-9-,15-14-. The van der Waals surface area contributed by atoms with Crippen LogP contribution in [0, 0.1) is 0 Å². The lowest BCUT2D eigenvalue weighted by molar-refractivity contribution is 0.468. The normalized spacial score (nSPS) is 16.2. The first kappa shape index (κ1) is 15.3. The third-order valence-electron chi connectivity index (χ3n) is 5.79. The van der Waals surface area contributed by atoms with E-state index in [9.17, 15) is 5.11 Å². The van der Waals surface area contributed by atoms with Crippen LogP contribution in [0.2, 0.25) is 0 Å². The summed E-state index contributed by atoms with van der Waals surface area (Å²) in [5.74, 6) is 0. The molecule has 2 aromatic heterocycles. The molecular weight excluding hydrogens is 344 g/mol.